The van der Waals surface area contributed by atoms with Gasteiger partial charge in [-0.25, -0.2) is 0 Å². The molecule has 3 N–H and O–H groups in total. The Hall–Kier alpha value is -3.07. The number of aryl methyl sites for hydroxylation is 1. The van der Waals surface area contributed by atoms with Gasteiger partial charge in [-0.2, -0.15) is 10.2 Å². The van der Waals surface area contributed by atoms with Crippen molar-refractivity contribution >= 4 is 22.5 Å². The Bertz CT molecular complexity index is 1120. The van der Waals surface area contributed by atoms with Crippen LogP contribution in [0.15, 0.2) is 29.2 Å². The molecule has 9 heteroatoms. The largest absolute Gasteiger partial charge is 0.382 e. The van der Waals surface area contributed by atoms with E-state index in [1.807, 2.05) is 37.8 Å². The Kier molecular flexibility index (Phi) is 4.91. The average Bonchev–Trinajstić information content (AvgIpc) is 3.14. The van der Waals surface area contributed by atoms with E-state index in [0.717, 1.165) is 48.8 Å². The van der Waals surface area contributed by atoms with Crippen LogP contribution in [0.1, 0.15) is 26.3 Å². The molecule has 1 atom stereocenters. The van der Waals surface area contributed by atoms with Crippen molar-refractivity contribution in [2.24, 2.45) is 7.05 Å². The zero-order valence-electron chi connectivity index (χ0n) is 17.1. The third kappa shape index (κ3) is 3.31. The molecule has 0 saturated carbocycles. The first kappa shape index (κ1) is 19.3. The van der Waals surface area contributed by atoms with Crippen LogP contribution in [-0.4, -0.2) is 50.8 Å². The highest BCUT2D eigenvalue weighted by molar-refractivity contribution is 5.97. The van der Waals surface area contributed by atoms with Crippen LogP contribution in [0.25, 0.3) is 22.2 Å². The summed E-state index contributed by atoms with van der Waals surface area (Å²) in [5, 5.41) is 12.1. The van der Waals surface area contributed by atoms with E-state index in [9.17, 15) is 4.79 Å². The number of allylic oxidation sites excluding steroid dienone is 1. The standard InChI is InChI=1S/C20H27N7O2/c1-12(2)13(3)27-11-14(18-17(20(27)28)19(21)23-22-18)15-10-16(25(4)24-15)26-6-5-8-29-9-7-26/h10-11,13H,1,5-9H2,2-4H3,(H3,21,22,23)/t13-/m0/s1. The van der Waals surface area contributed by atoms with E-state index in [-0.39, 0.29) is 17.4 Å². The number of H-pyrrole nitrogens is 1. The van der Waals surface area contributed by atoms with Gasteiger partial charge in [-0.1, -0.05) is 12.2 Å². The molecule has 3 aromatic heterocycles. The highest BCUT2D eigenvalue weighted by Gasteiger charge is 2.22. The second kappa shape index (κ2) is 7.40. The molecule has 0 aliphatic carbocycles. The van der Waals surface area contributed by atoms with Gasteiger partial charge in [-0.3, -0.25) is 14.6 Å². The van der Waals surface area contributed by atoms with Gasteiger partial charge in [0.1, 0.15) is 11.2 Å². The predicted molar refractivity (Wildman–Crippen MR) is 114 cm³/mol. The molecule has 154 valence electrons. The molecule has 29 heavy (non-hydrogen) atoms. The molecule has 9 nitrogen and oxygen atoms in total. The number of aromatic nitrogens is 5. The smallest absolute Gasteiger partial charge is 0.264 e. The zero-order valence-corrected chi connectivity index (χ0v) is 17.1. The molecule has 1 fully saturated rings. The van der Waals surface area contributed by atoms with Gasteiger partial charge in [0, 0.05) is 44.6 Å². The van der Waals surface area contributed by atoms with Crippen LogP contribution in [0.5, 0.6) is 0 Å². The van der Waals surface area contributed by atoms with Gasteiger partial charge in [0.25, 0.3) is 5.56 Å². The molecule has 4 rings (SSSR count). The van der Waals surface area contributed by atoms with Crippen molar-refractivity contribution in [3.05, 3.63) is 34.8 Å². The van der Waals surface area contributed by atoms with Crippen LogP contribution in [-0.2, 0) is 11.8 Å². The Balaban J connectivity index is 1.88. The topological polar surface area (TPSA) is 107 Å². The lowest BCUT2D eigenvalue weighted by molar-refractivity contribution is 0.152. The molecular weight excluding hydrogens is 370 g/mol. The Morgan fingerprint density at radius 2 is 2.17 bits per heavy atom. The molecule has 0 unspecified atom stereocenters. The van der Waals surface area contributed by atoms with Crippen molar-refractivity contribution in [3.63, 3.8) is 0 Å². The molecule has 3 aromatic rings. The molecule has 0 radical (unpaired) electrons. The number of pyridine rings is 1. The second-order valence-electron chi connectivity index (χ2n) is 7.60. The number of nitrogens with two attached hydrogens (primary N) is 1. The first-order valence-electron chi connectivity index (χ1n) is 9.79. The van der Waals surface area contributed by atoms with Crippen molar-refractivity contribution in [2.45, 2.75) is 26.3 Å². The van der Waals surface area contributed by atoms with Gasteiger partial charge in [0.2, 0.25) is 0 Å². The van der Waals surface area contributed by atoms with E-state index in [4.69, 9.17) is 15.6 Å². The Morgan fingerprint density at radius 3 is 2.93 bits per heavy atom. The summed E-state index contributed by atoms with van der Waals surface area (Å²) in [6, 6.07) is 1.86. The normalized spacial score (nSPS) is 16.2. The summed E-state index contributed by atoms with van der Waals surface area (Å²) in [4.78, 5) is 15.3. The van der Waals surface area contributed by atoms with E-state index in [1.165, 1.54) is 0 Å². The molecule has 4 heterocycles. The van der Waals surface area contributed by atoms with E-state index < -0.39 is 0 Å². The van der Waals surface area contributed by atoms with Crippen LogP contribution in [0, 0.1) is 0 Å². The number of aromatic amines is 1. The number of nitrogen functional groups attached to an aromatic ring is 1. The number of anilines is 2. The highest BCUT2D eigenvalue weighted by atomic mass is 16.5. The van der Waals surface area contributed by atoms with Crippen LogP contribution >= 0.6 is 0 Å². The first-order chi connectivity index (χ1) is 13.9. The lowest BCUT2D eigenvalue weighted by Crippen LogP contribution is -2.27. The fourth-order valence-electron chi connectivity index (χ4n) is 3.74. The molecule has 0 bridgehead atoms. The number of fused-ring (bicyclic) bond motifs is 1. The van der Waals surface area contributed by atoms with E-state index in [2.05, 4.69) is 21.7 Å². The molecule has 0 amide bonds. The summed E-state index contributed by atoms with van der Waals surface area (Å²) in [5.41, 5.74) is 8.84. The average molecular weight is 397 g/mol. The fraction of sp³-hybridized carbons (Fsp3) is 0.450. The predicted octanol–water partition coefficient (Wildman–Crippen LogP) is 2.07. The highest BCUT2D eigenvalue weighted by Crippen LogP contribution is 2.31. The number of ether oxygens (including phenoxy) is 1. The minimum absolute atomic E-state index is 0.175. The van der Waals surface area contributed by atoms with Gasteiger partial charge < -0.3 is 19.9 Å². The van der Waals surface area contributed by atoms with Crippen LogP contribution in [0.4, 0.5) is 11.6 Å². The van der Waals surface area contributed by atoms with Crippen molar-refractivity contribution in [3.8, 4) is 11.3 Å². The van der Waals surface area contributed by atoms with E-state index >= 15 is 0 Å². The van der Waals surface area contributed by atoms with Gasteiger partial charge in [-0.05, 0) is 20.3 Å². The minimum Gasteiger partial charge on any atom is -0.382 e. The number of nitrogens with one attached hydrogen (secondary N) is 1. The molecule has 1 aliphatic heterocycles. The summed E-state index contributed by atoms with van der Waals surface area (Å²) in [5.74, 6) is 1.20. The van der Waals surface area contributed by atoms with Crippen LogP contribution in [0.2, 0.25) is 0 Å². The van der Waals surface area contributed by atoms with E-state index in [1.54, 1.807) is 4.57 Å². The van der Waals surface area contributed by atoms with Gasteiger partial charge in [0.15, 0.2) is 5.82 Å². The third-order valence-electron chi connectivity index (χ3n) is 5.59. The van der Waals surface area contributed by atoms with Crippen molar-refractivity contribution in [1.29, 1.82) is 0 Å². The monoisotopic (exact) mass is 397 g/mol. The Labute approximate surface area is 168 Å². The zero-order chi connectivity index (χ0) is 20.7. The van der Waals surface area contributed by atoms with Gasteiger partial charge in [-0.15, -0.1) is 0 Å². The minimum atomic E-state index is -0.189. The van der Waals surface area contributed by atoms with Gasteiger partial charge in [0.05, 0.1) is 23.9 Å². The maximum atomic E-state index is 13.0. The quantitative estimate of drug-likeness (QED) is 0.653. The van der Waals surface area contributed by atoms with Crippen molar-refractivity contribution in [1.82, 2.24) is 24.5 Å². The molecule has 1 aliphatic rings. The number of hydrogen-bond acceptors (Lipinski definition) is 6. The Morgan fingerprint density at radius 1 is 1.38 bits per heavy atom. The summed E-state index contributed by atoms with van der Waals surface area (Å²) in [6.45, 7) is 11.1. The van der Waals surface area contributed by atoms with Gasteiger partial charge >= 0.3 is 0 Å². The maximum absolute atomic E-state index is 13.0. The van der Waals surface area contributed by atoms with E-state index in [0.29, 0.717) is 17.5 Å². The van der Waals surface area contributed by atoms with Crippen molar-refractivity contribution < 1.29 is 4.74 Å². The molecule has 1 saturated heterocycles. The number of nitrogens with zero attached hydrogens (tertiary/aromatic N) is 5. The van der Waals surface area contributed by atoms with Crippen LogP contribution in [0.3, 0.4) is 0 Å². The number of hydrogen-bond donors (Lipinski definition) is 2. The summed E-state index contributed by atoms with van der Waals surface area (Å²) in [7, 11) is 1.93. The molecule has 0 aromatic carbocycles. The first-order valence-corrected chi connectivity index (χ1v) is 9.79. The second-order valence-corrected chi connectivity index (χ2v) is 7.60. The fourth-order valence-corrected chi connectivity index (χ4v) is 3.74. The SMILES string of the molecule is C=C(C)[C@H](C)n1cc(-c2cc(N3CCCOCC3)n(C)n2)c2[nH]nc(N)c2c1=O. The lowest BCUT2D eigenvalue weighted by Gasteiger charge is -2.21. The summed E-state index contributed by atoms with van der Waals surface area (Å²) in [6.07, 6.45) is 2.79. The lowest BCUT2D eigenvalue weighted by atomic mass is 10.1. The maximum Gasteiger partial charge on any atom is 0.264 e. The number of rotatable bonds is 4. The molecular formula is C20H27N7O2. The third-order valence-corrected chi connectivity index (χ3v) is 5.59. The molecule has 0 spiro atoms. The summed E-state index contributed by atoms with van der Waals surface area (Å²) < 4.78 is 9.09. The summed E-state index contributed by atoms with van der Waals surface area (Å²) >= 11 is 0. The van der Waals surface area contributed by atoms with Crippen LogP contribution < -0.4 is 16.2 Å². The van der Waals surface area contributed by atoms with Crippen molar-refractivity contribution in [2.75, 3.05) is 36.9 Å².